The minimum atomic E-state index is -0.607. The number of carbonyl (C=O) groups excluding carboxylic acids is 1. The molecule has 3 N–H and O–H groups in total. The van der Waals surface area contributed by atoms with E-state index in [1.807, 2.05) is 0 Å². The SMILES string of the molecule is C#CCCCCNC(=O)C1(N)CCCCC1. The Hall–Kier alpha value is -1.01. The Bertz CT molecular complexity index is 262. The Labute approximate surface area is 98.2 Å². The van der Waals surface area contributed by atoms with Crippen molar-refractivity contribution in [1.82, 2.24) is 5.32 Å². The van der Waals surface area contributed by atoms with Gasteiger partial charge in [0.25, 0.3) is 0 Å². The molecule has 0 aliphatic heterocycles. The first-order valence-corrected chi connectivity index (χ1v) is 6.20. The maximum Gasteiger partial charge on any atom is 0.240 e. The molecule has 0 aromatic carbocycles. The third kappa shape index (κ3) is 3.86. The van der Waals surface area contributed by atoms with Gasteiger partial charge < -0.3 is 11.1 Å². The van der Waals surface area contributed by atoms with Crippen LogP contribution in [0.3, 0.4) is 0 Å². The van der Waals surface area contributed by atoms with Crippen LogP contribution >= 0.6 is 0 Å². The van der Waals surface area contributed by atoms with Gasteiger partial charge in [0.05, 0.1) is 5.54 Å². The summed E-state index contributed by atoms with van der Waals surface area (Å²) in [5.74, 6) is 2.61. The highest BCUT2D eigenvalue weighted by atomic mass is 16.2. The average molecular weight is 222 g/mol. The number of nitrogens with two attached hydrogens (primary N) is 1. The second kappa shape index (κ2) is 6.55. The van der Waals surface area contributed by atoms with Crippen LogP contribution in [0.4, 0.5) is 0 Å². The van der Waals surface area contributed by atoms with Crippen LogP contribution in [0.5, 0.6) is 0 Å². The van der Waals surface area contributed by atoms with Gasteiger partial charge in [-0.25, -0.2) is 0 Å². The first-order chi connectivity index (χ1) is 7.69. The van der Waals surface area contributed by atoms with E-state index in [0.29, 0.717) is 6.54 Å². The topological polar surface area (TPSA) is 55.1 Å². The van der Waals surface area contributed by atoms with Crippen molar-refractivity contribution in [3.8, 4) is 12.3 Å². The Kier molecular flexibility index (Phi) is 5.34. The molecule has 0 radical (unpaired) electrons. The largest absolute Gasteiger partial charge is 0.355 e. The summed E-state index contributed by atoms with van der Waals surface area (Å²) < 4.78 is 0. The van der Waals surface area contributed by atoms with Crippen LogP contribution in [0.2, 0.25) is 0 Å². The number of amides is 1. The molecule has 1 aliphatic carbocycles. The van der Waals surface area contributed by atoms with Gasteiger partial charge in [0, 0.05) is 13.0 Å². The molecule has 0 bridgehead atoms. The molecule has 1 fully saturated rings. The quantitative estimate of drug-likeness (QED) is 0.548. The van der Waals surface area contributed by atoms with Crippen molar-refractivity contribution in [3.63, 3.8) is 0 Å². The summed E-state index contributed by atoms with van der Waals surface area (Å²) in [5.41, 5.74) is 5.49. The molecule has 3 heteroatoms. The van der Waals surface area contributed by atoms with Crippen LogP contribution in [0.15, 0.2) is 0 Å². The molecule has 16 heavy (non-hydrogen) atoms. The molecule has 3 nitrogen and oxygen atoms in total. The highest BCUT2D eigenvalue weighted by molar-refractivity contribution is 5.86. The zero-order chi connectivity index (χ0) is 11.9. The fraction of sp³-hybridized carbons (Fsp3) is 0.769. The molecule has 1 saturated carbocycles. The number of hydrogen-bond acceptors (Lipinski definition) is 2. The molecule has 0 aromatic rings. The van der Waals surface area contributed by atoms with Gasteiger partial charge in [-0.1, -0.05) is 19.3 Å². The molecular formula is C13H22N2O. The van der Waals surface area contributed by atoms with Crippen molar-refractivity contribution in [3.05, 3.63) is 0 Å². The molecule has 0 saturated heterocycles. The van der Waals surface area contributed by atoms with E-state index in [1.54, 1.807) is 0 Å². The normalized spacial score (nSPS) is 18.8. The smallest absolute Gasteiger partial charge is 0.240 e. The summed E-state index contributed by atoms with van der Waals surface area (Å²) in [6.45, 7) is 0.694. The molecule has 1 aliphatic rings. The van der Waals surface area contributed by atoms with Gasteiger partial charge in [-0.05, 0) is 25.7 Å². The molecular weight excluding hydrogens is 200 g/mol. The van der Waals surface area contributed by atoms with E-state index >= 15 is 0 Å². The molecule has 0 spiro atoms. The molecule has 0 heterocycles. The lowest BCUT2D eigenvalue weighted by molar-refractivity contribution is -0.127. The van der Waals surface area contributed by atoms with Crippen molar-refractivity contribution in [2.75, 3.05) is 6.54 Å². The third-order valence-corrected chi connectivity index (χ3v) is 3.23. The van der Waals surface area contributed by atoms with E-state index in [1.165, 1.54) is 6.42 Å². The summed E-state index contributed by atoms with van der Waals surface area (Å²) in [6, 6.07) is 0. The zero-order valence-electron chi connectivity index (χ0n) is 9.93. The Morgan fingerprint density at radius 3 is 2.62 bits per heavy atom. The van der Waals surface area contributed by atoms with Crippen LogP contribution in [0.1, 0.15) is 51.4 Å². The van der Waals surface area contributed by atoms with Crippen molar-refractivity contribution in [2.24, 2.45) is 5.73 Å². The Morgan fingerprint density at radius 1 is 1.31 bits per heavy atom. The maximum atomic E-state index is 11.9. The van der Waals surface area contributed by atoms with Gasteiger partial charge in [0.15, 0.2) is 0 Å². The standard InChI is InChI=1S/C13H22N2O/c1-2-3-4-8-11-15-12(16)13(14)9-6-5-7-10-13/h1H,3-11,14H2,(H,15,16). The second-order valence-electron chi connectivity index (χ2n) is 4.63. The van der Waals surface area contributed by atoms with Crippen LogP contribution in [-0.2, 0) is 4.79 Å². The van der Waals surface area contributed by atoms with E-state index in [0.717, 1.165) is 44.9 Å². The first-order valence-electron chi connectivity index (χ1n) is 6.20. The fourth-order valence-electron chi connectivity index (χ4n) is 2.14. The van der Waals surface area contributed by atoms with Gasteiger partial charge in [-0.15, -0.1) is 12.3 Å². The molecule has 1 rings (SSSR count). The number of terminal acetylenes is 1. The highest BCUT2D eigenvalue weighted by Gasteiger charge is 2.34. The third-order valence-electron chi connectivity index (χ3n) is 3.23. The second-order valence-corrected chi connectivity index (χ2v) is 4.63. The van der Waals surface area contributed by atoms with E-state index < -0.39 is 5.54 Å². The first kappa shape index (κ1) is 13.1. The summed E-state index contributed by atoms with van der Waals surface area (Å²) in [4.78, 5) is 11.9. The van der Waals surface area contributed by atoms with Crippen LogP contribution in [0, 0.1) is 12.3 Å². The van der Waals surface area contributed by atoms with E-state index in [2.05, 4.69) is 11.2 Å². The highest BCUT2D eigenvalue weighted by Crippen LogP contribution is 2.25. The number of nitrogens with one attached hydrogen (secondary N) is 1. The minimum Gasteiger partial charge on any atom is -0.355 e. The van der Waals surface area contributed by atoms with Gasteiger partial charge in [0.1, 0.15) is 0 Å². The molecule has 0 atom stereocenters. The van der Waals surface area contributed by atoms with Crippen molar-refractivity contribution in [2.45, 2.75) is 56.9 Å². The monoisotopic (exact) mass is 222 g/mol. The number of rotatable bonds is 5. The van der Waals surface area contributed by atoms with Crippen LogP contribution in [-0.4, -0.2) is 18.0 Å². The molecule has 1 amide bonds. The number of carbonyl (C=O) groups is 1. The predicted molar refractivity (Wildman–Crippen MR) is 65.7 cm³/mol. The lowest BCUT2D eigenvalue weighted by atomic mass is 9.82. The van der Waals surface area contributed by atoms with Crippen molar-refractivity contribution < 1.29 is 4.79 Å². The van der Waals surface area contributed by atoms with Crippen molar-refractivity contribution >= 4 is 5.91 Å². The summed E-state index contributed by atoms with van der Waals surface area (Å²) in [5, 5.41) is 2.92. The lowest BCUT2D eigenvalue weighted by Crippen LogP contribution is -2.55. The van der Waals surface area contributed by atoms with Crippen LogP contribution in [0.25, 0.3) is 0 Å². The summed E-state index contributed by atoms with van der Waals surface area (Å²) in [7, 11) is 0. The Morgan fingerprint density at radius 2 is 2.00 bits per heavy atom. The van der Waals surface area contributed by atoms with E-state index in [-0.39, 0.29) is 5.91 Å². The van der Waals surface area contributed by atoms with Gasteiger partial charge in [0.2, 0.25) is 5.91 Å². The summed E-state index contributed by atoms with van der Waals surface area (Å²) in [6.07, 6.45) is 12.8. The Balaban J connectivity index is 2.21. The van der Waals surface area contributed by atoms with Crippen LogP contribution < -0.4 is 11.1 Å². The molecule has 0 unspecified atom stereocenters. The average Bonchev–Trinajstić information content (AvgIpc) is 2.29. The lowest BCUT2D eigenvalue weighted by Gasteiger charge is -2.31. The minimum absolute atomic E-state index is 0.0212. The van der Waals surface area contributed by atoms with E-state index in [4.69, 9.17) is 12.2 Å². The number of hydrogen-bond donors (Lipinski definition) is 2. The number of unbranched alkanes of at least 4 members (excludes halogenated alkanes) is 2. The van der Waals surface area contributed by atoms with Gasteiger partial charge in [-0.3, -0.25) is 4.79 Å². The molecule has 0 aromatic heterocycles. The zero-order valence-corrected chi connectivity index (χ0v) is 9.93. The predicted octanol–water partition coefficient (Wildman–Crippen LogP) is 1.57. The van der Waals surface area contributed by atoms with E-state index in [9.17, 15) is 4.79 Å². The van der Waals surface area contributed by atoms with Gasteiger partial charge >= 0.3 is 0 Å². The fourth-order valence-corrected chi connectivity index (χ4v) is 2.14. The maximum absolute atomic E-state index is 11.9. The van der Waals surface area contributed by atoms with Crippen molar-refractivity contribution in [1.29, 1.82) is 0 Å². The van der Waals surface area contributed by atoms with Gasteiger partial charge in [-0.2, -0.15) is 0 Å². The molecule has 90 valence electrons. The summed E-state index contributed by atoms with van der Waals surface area (Å²) >= 11 is 0.